The quantitative estimate of drug-likeness (QED) is 0.575. The van der Waals surface area contributed by atoms with E-state index in [0.29, 0.717) is 5.78 Å². The molecule has 3 rings (SSSR count). The lowest BCUT2D eigenvalue weighted by molar-refractivity contribution is 0.841. The summed E-state index contributed by atoms with van der Waals surface area (Å²) in [6, 6.07) is 2.01. The summed E-state index contributed by atoms with van der Waals surface area (Å²) in [6.07, 6.45) is 5.90. The van der Waals surface area contributed by atoms with E-state index in [1.165, 1.54) is 5.56 Å². The van der Waals surface area contributed by atoms with Crippen molar-refractivity contribution in [3.8, 4) is 0 Å². The molecule has 0 saturated carbocycles. The Labute approximate surface area is 121 Å². The summed E-state index contributed by atoms with van der Waals surface area (Å²) in [5, 5.41) is 12.0. The van der Waals surface area contributed by atoms with Gasteiger partial charge in [-0.1, -0.05) is 11.8 Å². The third kappa shape index (κ3) is 2.82. The van der Waals surface area contributed by atoms with Gasteiger partial charge in [0.2, 0.25) is 5.16 Å². The molecule has 0 aliphatic carbocycles. The van der Waals surface area contributed by atoms with Crippen LogP contribution in [0.2, 0.25) is 0 Å². The topological polar surface area (TPSA) is 71.8 Å². The fraction of sp³-hybridized carbons (Fsp3) is 0.385. The SMILES string of the molecule is Cc1cc(C)n2nc(SCCCc3cn[nH]c3)nc2n1. The number of aromatic nitrogens is 6. The van der Waals surface area contributed by atoms with Crippen LogP contribution >= 0.6 is 11.8 Å². The molecule has 0 spiro atoms. The van der Waals surface area contributed by atoms with Gasteiger partial charge in [-0.3, -0.25) is 5.10 Å². The predicted molar refractivity (Wildman–Crippen MR) is 77.9 cm³/mol. The Kier molecular flexibility index (Phi) is 3.68. The molecule has 0 aliphatic rings. The third-order valence-corrected chi connectivity index (χ3v) is 3.92. The van der Waals surface area contributed by atoms with Crippen LogP contribution in [0.25, 0.3) is 5.78 Å². The van der Waals surface area contributed by atoms with Crippen LogP contribution in [-0.2, 0) is 6.42 Å². The Hall–Kier alpha value is -1.89. The number of hydrogen-bond donors (Lipinski definition) is 1. The van der Waals surface area contributed by atoms with E-state index in [9.17, 15) is 0 Å². The van der Waals surface area contributed by atoms with Crippen LogP contribution in [0.3, 0.4) is 0 Å². The molecule has 0 bridgehead atoms. The Morgan fingerprint density at radius 2 is 2.20 bits per heavy atom. The summed E-state index contributed by atoms with van der Waals surface area (Å²) in [5.41, 5.74) is 3.27. The Balaban J connectivity index is 1.61. The fourth-order valence-corrected chi connectivity index (χ4v) is 2.82. The average Bonchev–Trinajstić information content (AvgIpc) is 3.03. The smallest absolute Gasteiger partial charge is 0.253 e. The lowest BCUT2D eigenvalue weighted by atomic mass is 10.2. The molecule has 3 aromatic rings. The number of thioether (sulfide) groups is 1. The van der Waals surface area contributed by atoms with Crippen molar-refractivity contribution in [3.05, 3.63) is 35.4 Å². The fourth-order valence-electron chi connectivity index (χ4n) is 2.06. The van der Waals surface area contributed by atoms with Crippen molar-refractivity contribution in [1.82, 2.24) is 29.8 Å². The van der Waals surface area contributed by atoms with E-state index in [0.717, 1.165) is 35.1 Å². The van der Waals surface area contributed by atoms with Crippen molar-refractivity contribution in [3.63, 3.8) is 0 Å². The summed E-state index contributed by atoms with van der Waals surface area (Å²) in [6.45, 7) is 3.99. The highest BCUT2D eigenvalue weighted by Gasteiger charge is 2.07. The van der Waals surface area contributed by atoms with E-state index < -0.39 is 0 Å². The van der Waals surface area contributed by atoms with Gasteiger partial charge in [-0.05, 0) is 38.3 Å². The number of aromatic amines is 1. The molecule has 0 aliphatic heterocycles. The molecule has 104 valence electrons. The maximum atomic E-state index is 4.48. The average molecular weight is 288 g/mol. The van der Waals surface area contributed by atoms with Crippen LogP contribution in [0.5, 0.6) is 0 Å². The molecule has 1 N–H and O–H groups in total. The normalized spacial score (nSPS) is 11.3. The van der Waals surface area contributed by atoms with Gasteiger partial charge in [-0.25, -0.2) is 9.50 Å². The van der Waals surface area contributed by atoms with Crippen LogP contribution < -0.4 is 0 Å². The van der Waals surface area contributed by atoms with E-state index in [-0.39, 0.29) is 0 Å². The second-order valence-corrected chi connectivity index (χ2v) is 5.77. The molecule has 7 heteroatoms. The van der Waals surface area contributed by atoms with Crippen LogP contribution in [0.4, 0.5) is 0 Å². The van der Waals surface area contributed by atoms with E-state index in [4.69, 9.17) is 0 Å². The molecule has 0 amide bonds. The van der Waals surface area contributed by atoms with Crippen LogP contribution in [0, 0.1) is 13.8 Å². The summed E-state index contributed by atoms with van der Waals surface area (Å²) in [7, 11) is 0. The second kappa shape index (κ2) is 5.62. The van der Waals surface area contributed by atoms with E-state index in [1.54, 1.807) is 16.3 Å². The number of nitrogens with one attached hydrogen (secondary N) is 1. The monoisotopic (exact) mass is 288 g/mol. The lowest BCUT2D eigenvalue weighted by Crippen LogP contribution is -1.97. The van der Waals surface area contributed by atoms with Crippen molar-refractivity contribution in [1.29, 1.82) is 0 Å². The minimum Gasteiger partial charge on any atom is -0.285 e. The lowest BCUT2D eigenvalue weighted by Gasteiger charge is -1.97. The largest absolute Gasteiger partial charge is 0.285 e. The van der Waals surface area contributed by atoms with Gasteiger partial charge >= 0.3 is 0 Å². The van der Waals surface area contributed by atoms with Gasteiger partial charge in [0.05, 0.1) is 6.20 Å². The van der Waals surface area contributed by atoms with E-state index in [1.807, 2.05) is 32.3 Å². The molecule has 3 heterocycles. The number of H-pyrrole nitrogens is 1. The van der Waals surface area contributed by atoms with Crippen molar-refractivity contribution < 1.29 is 0 Å². The summed E-state index contributed by atoms with van der Waals surface area (Å²) < 4.78 is 1.80. The predicted octanol–water partition coefficient (Wildman–Crippen LogP) is 2.19. The van der Waals surface area contributed by atoms with Crippen molar-refractivity contribution in [2.45, 2.75) is 31.8 Å². The first-order valence-electron chi connectivity index (χ1n) is 6.54. The first kappa shape index (κ1) is 13.1. The summed E-state index contributed by atoms with van der Waals surface area (Å²) in [4.78, 5) is 8.84. The highest BCUT2D eigenvalue weighted by atomic mass is 32.2. The summed E-state index contributed by atoms with van der Waals surface area (Å²) in [5.74, 6) is 1.67. The standard InChI is InChI=1S/C13H16N6S/c1-9-6-10(2)19-12(16-9)17-13(18-19)20-5-3-4-11-7-14-15-8-11/h6-8H,3-5H2,1-2H3,(H,14,15). The van der Waals surface area contributed by atoms with Crippen LogP contribution in [0.15, 0.2) is 23.6 Å². The van der Waals surface area contributed by atoms with Gasteiger partial charge in [0.15, 0.2) is 0 Å². The Bertz CT molecular complexity index is 703. The van der Waals surface area contributed by atoms with Gasteiger partial charge < -0.3 is 0 Å². The zero-order valence-electron chi connectivity index (χ0n) is 11.5. The molecular weight excluding hydrogens is 272 g/mol. The minimum atomic E-state index is 0.680. The molecule has 3 aromatic heterocycles. The Morgan fingerprint density at radius 3 is 3.00 bits per heavy atom. The number of aryl methyl sites for hydroxylation is 3. The molecule has 0 aromatic carbocycles. The van der Waals surface area contributed by atoms with Gasteiger partial charge in [-0.2, -0.15) is 10.1 Å². The first-order chi connectivity index (χ1) is 9.72. The Morgan fingerprint density at radius 1 is 1.30 bits per heavy atom. The number of nitrogens with zero attached hydrogens (tertiary/aromatic N) is 5. The maximum absolute atomic E-state index is 4.48. The zero-order valence-corrected chi connectivity index (χ0v) is 12.3. The van der Waals surface area contributed by atoms with Gasteiger partial charge in [0.1, 0.15) is 0 Å². The molecule has 20 heavy (non-hydrogen) atoms. The second-order valence-electron chi connectivity index (χ2n) is 4.70. The minimum absolute atomic E-state index is 0.680. The first-order valence-corrected chi connectivity index (χ1v) is 7.52. The van der Waals surface area contributed by atoms with Gasteiger partial charge in [0, 0.05) is 23.3 Å². The van der Waals surface area contributed by atoms with Crippen molar-refractivity contribution in [2.75, 3.05) is 5.75 Å². The molecule has 0 unspecified atom stereocenters. The third-order valence-electron chi connectivity index (χ3n) is 2.99. The zero-order chi connectivity index (χ0) is 13.9. The summed E-state index contributed by atoms with van der Waals surface area (Å²) >= 11 is 1.67. The van der Waals surface area contributed by atoms with Crippen molar-refractivity contribution >= 4 is 17.5 Å². The molecule has 0 radical (unpaired) electrons. The highest BCUT2D eigenvalue weighted by molar-refractivity contribution is 7.99. The number of fused-ring (bicyclic) bond motifs is 1. The van der Waals surface area contributed by atoms with Gasteiger partial charge in [-0.15, -0.1) is 5.10 Å². The number of hydrogen-bond acceptors (Lipinski definition) is 5. The van der Waals surface area contributed by atoms with E-state index in [2.05, 4.69) is 25.3 Å². The van der Waals surface area contributed by atoms with Crippen molar-refractivity contribution in [2.24, 2.45) is 0 Å². The highest BCUT2D eigenvalue weighted by Crippen LogP contribution is 2.17. The van der Waals surface area contributed by atoms with Gasteiger partial charge in [0.25, 0.3) is 5.78 Å². The number of rotatable bonds is 5. The molecule has 6 nitrogen and oxygen atoms in total. The maximum Gasteiger partial charge on any atom is 0.253 e. The molecular formula is C13H16N6S. The van der Waals surface area contributed by atoms with E-state index >= 15 is 0 Å². The van der Waals surface area contributed by atoms with Crippen LogP contribution in [-0.4, -0.2) is 35.5 Å². The molecule has 0 atom stereocenters. The van der Waals surface area contributed by atoms with Crippen LogP contribution in [0.1, 0.15) is 23.4 Å². The molecule has 0 saturated heterocycles. The molecule has 0 fully saturated rings.